The van der Waals surface area contributed by atoms with E-state index in [1.807, 2.05) is 24.3 Å². The lowest BCUT2D eigenvalue weighted by atomic mass is 9.97. The molecule has 1 rings (SSSR count). The molecule has 0 spiro atoms. The summed E-state index contributed by atoms with van der Waals surface area (Å²) in [5.74, 6) is 1.25. The summed E-state index contributed by atoms with van der Waals surface area (Å²) in [7, 11) is 1.67. The molecule has 0 aliphatic carbocycles. The lowest BCUT2D eigenvalue weighted by molar-refractivity contribution is 0.277. The second kappa shape index (κ2) is 4.87. The predicted molar refractivity (Wildman–Crippen MR) is 53.1 cm³/mol. The summed E-state index contributed by atoms with van der Waals surface area (Å²) in [5.41, 5.74) is 1.17. The van der Waals surface area contributed by atoms with Crippen molar-refractivity contribution in [3.63, 3.8) is 0 Å². The zero-order valence-corrected chi connectivity index (χ0v) is 8.16. The van der Waals surface area contributed by atoms with Crippen molar-refractivity contribution >= 4 is 0 Å². The molecule has 1 aromatic rings. The Morgan fingerprint density at radius 1 is 1.38 bits per heavy atom. The monoisotopic (exact) mass is 180 g/mol. The Morgan fingerprint density at radius 3 is 2.69 bits per heavy atom. The zero-order valence-electron chi connectivity index (χ0n) is 8.16. The maximum absolute atomic E-state index is 8.82. The van der Waals surface area contributed by atoms with E-state index in [0.29, 0.717) is 5.92 Å². The Labute approximate surface area is 79.2 Å². The molecule has 0 radical (unpaired) electrons. The Kier molecular flexibility index (Phi) is 3.77. The third kappa shape index (κ3) is 2.46. The third-order valence-corrected chi connectivity index (χ3v) is 2.23. The topological polar surface area (TPSA) is 29.5 Å². The van der Waals surface area contributed by atoms with Crippen LogP contribution in [-0.2, 0) is 0 Å². The first kappa shape index (κ1) is 10.1. The van der Waals surface area contributed by atoms with Crippen LogP contribution in [0.2, 0.25) is 0 Å². The van der Waals surface area contributed by atoms with Gasteiger partial charge in [-0.1, -0.05) is 25.1 Å². The van der Waals surface area contributed by atoms with Crippen LogP contribution in [0.4, 0.5) is 0 Å². The highest BCUT2D eigenvalue weighted by molar-refractivity contribution is 5.35. The largest absolute Gasteiger partial charge is 0.496 e. The van der Waals surface area contributed by atoms with E-state index in [9.17, 15) is 0 Å². The maximum Gasteiger partial charge on any atom is 0.122 e. The number of methoxy groups -OCH3 is 1. The van der Waals surface area contributed by atoms with E-state index in [-0.39, 0.29) is 6.61 Å². The molecule has 0 aliphatic rings. The first-order valence-corrected chi connectivity index (χ1v) is 4.53. The van der Waals surface area contributed by atoms with Gasteiger partial charge in [0.2, 0.25) is 0 Å². The molecule has 2 nitrogen and oxygen atoms in total. The van der Waals surface area contributed by atoms with Crippen molar-refractivity contribution in [3.8, 4) is 5.75 Å². The fraction of sp³-hybridized carbons (Fsp3) is 0.455. The molecule has 1 N–H and O–H groups in total. The fourth-order valence-electron chi connectivity index (χ4n) is 1.42. The van der Waals surface area contributed by atoms with E-state index in [1.54, 1.807) is 7.11 Å². The van der Waals surface area contributed by atoms with Crippen molar-refractivity contribution in [2.45, 2.75) is 19.3 Å². The second-order valence-electron chi connectivity index (χ2n) is 3.16. The van der Waals surface area contributed by atoms with E-state index >= 15 is 0 Å². The highest BCUT2D eigenvalue weighted by Gasteiger charge is 2.09. The van der Waals surface area contributed by atoms with Crippen molar-refractivity contribution < 1.29 is 9.84 Å². The number of para-hydroxylation sites is 1. The number of aliphatic hydroxyl groups excluding tert-OH is 1. The van der Waals surface area contributed by atoms with E-state index in [2.05, 4.69) is 6.92 Å². The lowest BCUT2D eigenvalue weighted by Gasteiger charge is -2.13. The van der Waals surface area contributed by atoms with Gasteiger partial charge in [0.05, 0.1) is 7.11 Å². The van der Waals surface area contributed by atoms with Gasteiger partial charge in [0.25, 0.3) is 0 Å². The molecule has 2 heteroatoms. The van der Waals surface area contributed by atoms with Gasteiger partial charge in [-0.05, 0) is 24.0 Å². The van der Waals surface area contributed by atoms with Gasteiger partial charge in [0.1, 0.15) is 5.75 Å². The molecule has 13 heavy (non-hydrogen) atoms. The Hall–Kier alpha value is -1.02. The Balaban J connectivity index is 2.85. The van der Waals surface area contributed by atoms with Crippen LogP contribution in [0.15, 0.2) is 24.3 Å². The summed E-state index contributed by atoms with van der Waals surface area (Å²) in [4.78, 5) is 0. The smallest absolute Gasteiger partial charge is 0.122 e. The summed E-state index contributed by atoms with van der Waals surface area (Å²) in [6.07, 6.45) is 0.778. The minimum Gasteiger partial charge on any atom is -0.496 e. The van der Waals surface area contributed by atoms with E-state index in [4.69, 9.17) is 9.84 Å². The molecule has 0 aromatic heterocycles. The van der Waals surface area contributed by atoms with Gasteiger partial charge in [0, 0.05) is 6.61 Å². The van der Waals surface area contributed by atoms with Crippen LogP contribution < -0.4 is 4.74 Å². The van der Waals surface area contributed by atoms with Crippen LogP contribution in [0.1, 0.15) is 24.8 Å². The summed E-state index contributed by atoms with van der Waals surface area (Å²) in [6, 6.07) is 7.93. The molecule has 1 atom stereocenters. The van der Waals surface area contributed by atoms with Crippen LogP contribution in [0.25, 0.3) is 0 Å². The SMILES string of the molecule is COc1ccccc1C(C)CCO. The van der Waals surface area contributed by atoms with Crippen LogP contribution in [0.5, 0.6) is 5.75 Å². The van der Waals surface area contributed by atoms with Gasteiger partial charge in [-0.25, -0.2) is 0 Å². The molecule has 0 heterocycles. The van der Waals surface area contributed by atoms with E-state index in [0.717, 1.165) is 12.2 Å². The number of aliphatic hydroxyl groups is 1. The molecular weight excluding hydrogens is 164 g/mol. The van der Waals surface area contributed by atoms with Gasteiger partial charge in [0.15, 0.2) is 0 Å². The average Bonchev–Trinajstić information content (AvgIpc) is 2.18. The van der Waals surface area contributed by atoms with Gasteiger partial charge in [-0.3, -0.25) is 0 Å². The first-order valence-electron chi connectivity index (χ1n) is 4.53. The zero-order chi connectivity index (χ0) is 9.68. The molecule has 1 unspecified atom stereocenters. The minimum absolute atomic E-state index is 0.221. The van der Waals surface area contributed by atoms with Gasteiger partial charge >= 0.3 is 0 Å². The molecule has 72 valence electrons. The first-order chi connectivity index (χ1) is 6.29. The highest BCUT2D eigenvalue weighted by atomic mass is 16.5. The molecule has 0 saturated heterocycles. The standard InChI is InChI=1S/C11H16O2/c1-9(7-8-12)10-5-3-4-6-11(10)13-2/h3-6,9,12H,7-8H2,1-2H3. The lowest BCUT2D eigenvalue weighted by Crippen LogP contribution is -1.99. The number of benzene rings is 1. The van der Waals surface area contributed by atoms with Gasteiger partial charge < -0.3 is 9.84 Å². The molecule has 0 bridgehead atoms. The Bertz CT molecular complexity index is 258. The van der Waals surface area contributed by atoms with Crippen molar-refractivity contribution in [2.24, 2.45) is 0 Å². The molecular formula is C11H16O2. The number of hydrogen-bond donors (Lipinski definition) is 1. The van der Waals surface area contributed by atoms with Crippen LogP contribution in [0.3, 0.4) is 0 Å². The quantitative estimate of drug-likeness (QED) is 0.769. The summed E-state index contributed by atoms with van der Waals surface area (Å²) >= 11 is 0. The number of rotatable bonds is 4. The third-order valence-electron chi connectivity index (χ3n) is 2.23. The molecule has 0 fully saturated rings. The Morgan fingerprint density at radius 2 is 2.08 bits per heavy atom. The van der Waals surface area contributed by atoms with Crippen molar-refractivity contribution in [2.75, 3.05) is 13.7 Å². The normalized spacial score (nSPS) is 12.5. The predicted octanol–water partition coefficient (Wildman–Crippen LogP) is 2.18. The minimum atomic E-state index is 0.221. The van der Waals surface area contributed by atoms with Gasteiger partial charge in [-0.15, -0.1) is 0 Å². The van der Waals surface area contributed by atoms with Gasteiger partial charge in [-0.2, -0.15) is 0 Å². The summed E-state index contributed by atoms with van der Waals surface area (Å²) < 4.78 is 5.23. The van der Waals surface area contributed by atoms with E-state index in [1.165, 1.54) is 5.56 Å². The van der Waals surface area contributed by atoms with E-state index < -0.39 is 0 Å². The molecule has 0 aliphatic heterocycles. The average molecular weight is 180 g/mol. The summed E-state index contributed by atoms with van der Waals surface area (Å²) in [6.45, 7) is 2.31. The molecule has 1 aromatic carbocycles. The number of ether oxygens (including phenoxy) is 1. The summed E-state index contributed by atoms with van der Waals surface area (Å²) in [5, 5.41) is 8.82. The van der Waals surface area contributed by atoms with Crippen molar-refractivity contribution in [1.82, 2.24) is 0 Å². The highest BCUT2D eigenvalue weighted by Crippen LogP contribution is 2.27. The van der Waals surface area contributed by atoms with Crippen LogP contribution in [0, 0.1) is 0 Å². The second-order valence-corrected chi connectivity index (χ2v) is 3.16. The van der Waals surface area contributed by atoms with Crippen LogP contribution in [-0.4, -0.2) is 18.8 Å². The maximum atomic E-state index is 8.82. The van der Waals surface area contributed by atoms with Crippen molar-refractivity contribution in [3.05, 3.63) is 29.8 Å². The molecule has 0 amide bonds. The number of hydrogen-bond acceptors (Lipinski definition) is 2. The van der Waals surface area contributed by atoms with Crippen LogP contribution >= 0.6 is 0 Å². The molecule has 0 saturated carbocycles. The van der Waals surface area contributed by atoms with Crippen molar-refractivity contribution in [1.29, 1.82) is 0 Å². The fourth-order valence-corrected chi connectivity index (χ4v) is 1.42.